The Morgan fingerprint density at radius 1 is 0.843 bits per heavy atom. The number of aliphatic hydroxyl groups is 1. The predicted molar refractivity (Wildman–Crippen MR) is 268 cm³/mol. The third-order valence-corrected chi connectivity index (χ3v) is 24.9. The van der Waals surface area contributed by atoms with Crippen molar-refractivity contribution >= 4 is 11.9 Å². The molecule has 372 valence electrons. The smallest absolute Gasteiger partial charge is 0.339 e. The third-order valence-electron chi connectivity index (χ3n) is 24.9. The number of nitrogens with zero attached hydrogens (tertiary/aromatic N) is 2. The molecule has 8 heteroatoms. The first-order valence-electron chi connectivity index (χ1n) is 29.6. The monoisotopic (exact) mass is 946 g/mol. The zero-order chi connectivity index (χ0) is 46.6. The summed E-state index contributed by atoms with van der Waals surface area (Å²) in [6, 6.07) is 7.78. The van der Waals surface area contributed by atoms with Gasteiger partial charge in [-0.2, -0.15) is 0 Å². The average molecular weight is 946 g/mol. The molecule has 0 aromatic heterocycles. The molecule has 8 nitrogen and oxygen atoms in total. The van der Waals surface area contributed by atoms with Gasteiger partial charge in [-0.05, 0) is 192 Å². The van der Waals surface area contributed by atoms with Crippen molar-refractivity contribution in [2.45, 2.75) is 185 Å². The summed E-state index contributed by atoms with van der Waals surface area (Å²) in [6.45, 7) is 5.43. The number of piperidine rings is 3. The Balaban J connectivity index is 0.989. The van der Waals surface area contributed by atoms with E-state index in [2.05, 4.69) is 47.1 Å². The van der Waals surface area contributed by atoms with Crippen molar-refractivity contribution in [1.29, 1.82) is 0 Å². The van der Waals surface area contributed by atoms with Gasteiger partial charge in [0.15, 0.2) is 11.4 Å². The van der Waals surface area contributed by atoms with E-state index in [0.29, 0.717) is 95.4 Å². The number of nitrogens with two attached hydrogens (primary N) is 1. The number of hydrogen-bond acceptors (Lipinski definition) is 8. The Labute approximate surface area is 416 Å². The van der Waals surface area contributed by atoms with Crippen molar-refractivity contribution in [1.82, 2.24) is 9.80 Å². The van der Waals surface area contributed by atoms with Crippen LogP contribution in [-0.4, -0.2) is 64.6 Å². The van der Waals surface area contributed by atoms with Crippen LogP contribution in [0.25, 0.3) is 0 Å². The minimum Gasteiger partial charge on any atom is -0.508 e. The van der Waals surface area contributed by atoms with Gasteiger partial charge < -0.3 is 25.2 Å². The van der Waals surface area contributed by atoms with E-state index in [1.807, 2.05) is 0 Å². The topological polar surface area (TPSA) is 105 Å². The number of rotatable bonds is 5. The number of ether oxygens (including phenoxy) is 2. The number of carbonyl (C=O) groups excluding carboxylic acids is 2. The molecule has 8 aliphatic carbocycles. The Morgan fingerprint density at radius 2 is 1.70 bits per heavy atom. The van der Waals surface area contributed by atoms with E-state index < -0.39 is 16.4 Å². The average Bonchev–Trinajstić information content (AvgIpc) is 4.16. The fraction of sp³-hybridized carbons (Fsp3) is 0.742. The van der Waals surface area contributed by atoms with E-state index in [-0.39, 0.29) is 41.7 Å². The number of aryl methyl sites for hydroxylation is 1. The van der Waals surface area contributed by atoms with Crippen molar-refractivity contribution < 1.29 is 24.2 Å². The van der Waals surface area contributed by atoms with Gasteiger partial charge in [0.05, 0.1) is 11.0 Å². The summed E-state index contributed by atoms with van der Waals surface area (Å²) in [5, 5.41) is 14.1. The second-order valence-electron chi connectivity index (χ2n) is 27.2. The molecule has 16 unspecified atom stereocenters. The first-order chi connectivity index (χ1) is 34.2. The summed E-state index contributed by atoms with van der Waals surface area (Å²) in [4.78, 5) is 38.0. The van der Waals surface area contributed by atoms with Crippen LogP contribution in [0.15, 0.2) is 64.3 Å². The van der Waals surface area contributed by atoms with E-state index >= 15 is 9.59 Å². The number of carbonyl (C=O) groups is 2. The van der Waals surface area contributed by atoms with Gasteiger partial charge in [-0.25, -0.2) is 4.79 Å². The minimum atomic E-state index is -1.13. The molecule has 1 aromatic rings. The molecule has 4 spiro atoms. The lowest BCUT2D eigenvalue weighted by Gasteiger charge is -2.73. The van der Waals surface area contributed by atoms with Gasteiger partial charge in [0.25, 0.3) is 0 Å². The van der Waals surface area contributed by atoms with Crippen molar-refractivity contribution in [3.63, 3.8) is 0 Å². The molecule has 4 saturated carbocycles. The van der Waals surface area contributed by atoms with Gasteiger partial charge in [0.2, 0.25) is 0 Å². The molecule has 4 saturated heterocycles. The summed E-state index contributed by atoms with van der Waals surface area (Å²) in [5.41, 5.74) is 12.5. The molecule has 15 aliphatic rings. The molecular weight excluding hydrogens is 867 g/mol. The summed E-state index contributed by atoms with van der Waals surface area (Å²) >= 11 is 0. The van der Waals surface area contributed by atoms with E-state index in [1.165, 1.54) is 115 Å². The largest absolute Gasteiger partial charge is 0.508 e. The van der Waals surface area contributed by atoms with Crippen LogP contribution in [0.2, 0.25) is 0 Å². The molecule has 8 fully saturated rings. The fourth-order valence-electron chi connectivity index (χ4n) is 22.7. The molecule has 16 atom stereocenters. The summed E-state index contributed by atoms with van der Waals surface area (Å²) in [6.07, 6.45) is 32.7. The van der Waals surface area contributed by atoms with E-state index in [0.717, 1.165) is 56.2 Å². The molecule has 7 heterocycles. The Morgan fingerprint density at radius 3 is 2.56 bits per heavy atom. The minimum absolute atomic E-state index is 0.112. The van der Waals surface area contributed by atoms with Crippen molar-refractivity contribution in [2.75, 3.05) is 19.6 Å². The Hall–Kier alpha value is -3.36. The number of fused-ring (bicyclic) bond motifs is 8. The quantitative estimate of drug-likeness (QED) is 0.222. The maximum absolute atomic E-state index is 16.6. The molecule has 3 N–H and O–H groups in total. The molecule has 0 radical (unpaired) electrons. The van der Waals surface area contributed by atoms with Crippen LogP contribution in [0.3, 0.4) is 0 Å². The Bertz CT molecular complexity index is 2600. The molecule has 0 amide bonds. The highest BCUT2D eigenvalue weighted by atomic mass is 16.6. The first-order valence-corrected chi connectivity index (χ1v) is 29.6. The van der Waals surface area contributed by atoms with Crippen LogP contribution in [-0.2, 0) is 26.3 Å². The van der Waals surface area contributed by atoms with Gasteiger partial charge in [-0.1, -0.05) is 80.5 Å². The maximum atomic E-state index is 16.6. The van der Waals surface area contributed by atoms with Crippen LogP contribution >= 0.6 is 0 Å². The van der Waals surface area contributed by atoms with Crippen LogP contribution in [0, 0.1) is 81.3 Å². The summed E-state index contributed by atoms with van der Waals surface area (Å²) in [7, 11) is 0. The highest BCUT2D eigenvalue weighted by molar-refractivity contribution is 6.00. The van der Waals surface area contributed by atoms with Crippen LogP contribution in [0.1, 0.15) is 176 Å². The molecule has 7 bridgehead atoms. The fourth-order valence-corrected chi connectivity index (χ4v) is 22.7. The standard InChI is InChI=1S/C62H79N3O5/c1-34-27-39-16-18-47-41-28-42-33-65(47)54(39)51-43-21-25-60-56(55(66)44-17-19-48(42)64(32-41)53(44)40-20-24-59(31-40)22-5-6-23-59)69-58(68)61(60)49(62(60)46-13-7-11-36(12-8-26-63)50(46)57(67)70-62)30-37(35-9-3-2-4-10-35)14-15-38(52(43)61)29-45(34)51/h7,11,13-15,34-35,37-38,40-42,44-45,47-49,51,53,66H,2-6,8-10,12,16-33,63H2,1H3. The maximum Gasteiger partial charge on any atom is 0.339 e. The molecule has 7 aliphatic heterocycles. The predicted octanol–water partition coefficient (Wildman–Crippen LogP) is 11.6. The SMILES string of the molecule is CC1CC2=C3C4C5=C6C(C=CC(C7CCCCC7)CC7C68C(=O)OC(=C(O)C6CCC9C%10CC(CN9C6C6CCC9(CCCC9)C6)C(CC2)N3C%10)C8(CC5)C72OC(=O)c3c(CCCN)cccc32)CC14. The van der Waals surface area contributed by atoms with Gasteiger partial charge in [-0.3, -0.25) is 9.69 Å². The highest BCUT2D eigenvalue weighted by Crippen LogP contribution is 2.88. The molecule has 1 aromatic carbocycles. The van der Waals surface area contributed by atoms with Crippen molar-refractivity contribution in [2.24, 2.45) is 87.1 Å². The van der Waals surface area contributed by atoms with Crippen molar-refractivity contribution in [3.8, 4) is 0 Å². The Kier molecular flexibility index (Phi) is 9.17. The molecular formula is C62H79N3O5. The third kappa shape index (κ3) is 5.10. The first kappa shape index (κ1) is 43.1. The van der Waals surface area contributed by atoms with E-state index in [1.54, 1.807) is 16.8 Å². The van der Waals surface area contributed by atoms with Crippen LogP contribution in [0.4, 0.5) is 0 Å². The lowest BCUT2D eigenvalue weighted by molar-refractivity contribution is -0.282. The number of hydrogen-bond donors (Lipinski definition) is 2. The number of aliphatic hydroxyl groups excluding tert-OH is 1. The highest BCUT2D eigenvalue weighted by Gasteiger charge is 2.94. The number of benzene rings is 1. The van der Waals surface area contributed by atoms with Crippen LogP contribution in [0.5, 0.6) is 0 Å². The second kappa shape index (κ2) is 14.9. The second-order valence-corrected chi connectivity index (χ2v) is 27.2. The summed E-state index contributed by atoms with van der Waals surface area (Å²) < 4.78 is 14.8. The van der Waals surface area contributed by atoms with Gasteiger partial charge >= 0.3 is 11.9 Å². The molecule has 70 heavy (non-hydrogen) atoms. The lowest BCUT2D eigenvalue weighted by atomic mass is 9.27. The summed E-state index contributed by atoms with van der Waals surface area (Å²) in [5.74, 6) is 4.20. The zero-order valence-electron chi connectivity index (χ0n) is 42.1. The number of allylic oxidation sites excluding steroid dienone is 4. The van der Waals surface area contributed by atoms with E-state index in [4.69, 9.17) is 15.2 Å². The van der Waals surface area contributed by atoms with Gasteiger partial charge in [0, 0.05) is 60.2 Å². The van der Waals surface area contributed by atoms with E-state index in [9.17, 15) is 5.11 Å². The molecule has 16 rings (SSSR count). The van der Waals surface area contributed by atoms with Crippen LogP contribution < -0.4 is 5.73 Å². The van der Waals surface area contributed by atoms with Gasteiger partial charge in [0.1, 0.15) is 11.2 Å². The zero-order valence-corrected chi connectivity index (χ0v) is 42.1. The van der Waals surface area contributed by atoms with Crippen molar-refractivity contribution in [3.05, 3.63) is 81.0 Å². The van der Waals surface area contributed by atoms with Gasteiger partial charge in [-0.15, -0.1) is 0 Å². The normalized spacial score (nSPS) is 46.8. The number of esters is 2. The lowest BCUT2D eigenvalue weighted by Crippen LogP contribution is -2.78.